The molecule has 1 aromatic heterocycles. The van der Waals surface area contributed by atoms with E-state index in [4.69, 9.17) is 4.74 Å². The lowest BCUT2D eigenvalue weighted by Crippen LogP contribution is -2.49. The first-order valence-electron chi connectivity index (χ1n) is 12.4. The molecule has 1 aliphatic rings. The number of rotatable bonds is 8. The third-order valence-corrected chi connectivity index (χ3v) is 6.85. The zero-order chi connectivity index (χ0) is 25.2. The number of H-pyrrole nitrogens is 1. The quantitative estimate of drug-likeness (QED) is 0.351. The van der Waals surface area contributed by atoms with E-state index in [1.165, 1.54) is 0 Å². The van der Waals surface area contributed by atoms with Crippen LogP contribution in [0.2, 0.25) is 0 Å². The Hall–Kier alpha value is -4.06. The average molecular weight is 482 g/mol. The molecule has 5 rings (SSSR count). The third-order valence-electron chi connectivity index (χ3n) is 6.85. The number of para-hydroxylation sites is 1. The first kappa shape index (κ1) is 23.7. The molecule has 2 N–H and O–H groups in total. The summed E-state index contributed by atoms with van der Waals surface area (Å²) in [6, 6.07) is 22.4. The van der Waals surface area contributed by atoms with E-state index in [9.17, 15) is 9.59 Å². The minimum absolute atomic E-state index is 0.108. The molecule has 0 fully saturated rings. The molecule has 184 valence electrons. The molecule has 2 unspecified atom stereocenters. The Kier molecular flexibility index (Phi) is 6.51. The van der Waals surface area contributed by atoms with E-state index in [1.54, 1.807) is 12.0 Å². The Morgan fingerprint density at radius 1 is 1.03 bits per heavy atom. The summed E-state index contributed by atoms with van der Waals surface area (Å²) in [4.78, 5) is 32.7. The summed E-state index contributed by atoms with van der Waals surface area (Å²) in [6.07, 6.45) is 2.53. The second-order valence-electron chi connectivity index (χ2n) is 9.71. The molecule has 6 heteroatoms. The molecule has 4 aromatic rings. The molecule has 3 aromatic carbocycles. The van der Waals surface area contributed by atoms with Crippen LogP contribution in [0.3, 0.4) is 0 Å². The van der Waals surface area contributed by atoms with Gasteiger partial charge >= 0.3 is 0 Å². The van der Waals surface area contributed by atoms with Crippen LogP contribution >= 0.6 is 0 Å². The van der Waals surface area contributed by atoms with Crippen molar-refractivity contribution in [2.75, 3.05) is 7.11 Å². The molecule has 0 spiro atoms. The summed E-state index contributed by atoms with van der Waals surface area (Å²) < 4.78 is 5.31. The number of ether oxygens (including phenoxy) is 1. The van der Waals surface area contributed by atoms with Crippen LogP contribution in [0.25, 0.3) is 10.9 Å². The predicted molar refractivity (Wildman–Crippen MR) is 141 cm³/mol. The highest BCUT2D eigenvalue weighted by atomic mass is 16.5. The molecule has 0 saturated carbocycles. The van der Waals surface area contributed by atoms with Crippen LogP contribution in [0.1, 0.15) is 53.4 Å². The van der Waals surface area contributed by atoms with Gasteiger partial charge in [-0.05, 0) is 47.7 Å². The molecule has 2 heterocycles. The molecule has 2 amide bonds. The smallest absolute Gasteiger partial charge is 0.255 e. The number of methoxy groups -OCH3 is 1. The summed E-state index contributed by atoms with van der Waals surface area (Å²) in [7, 11) is 1.62. The van der Waals surface area contributed by atoms with E-state index in [2.05, 4.69) is 30.2 Å². The lowest BCUT2D eigenvalue weighted by Gasteiger charge is -2.34. The SMILES string of the molecule is COc1cccc(CNC(=O)C(CC(C)C)N2C(=O)c3ccccc3C2c2c[nH]c3ccccc23)c1. The van der Waals surface area contributed by atoms with Crippen molar-refractivity contribution in [3.63, 3.8) is 0 Å². The van der Waals surface area contributed by atoms with Gasteiger partial charge in [0.1, 0.15) is 11.8 Å². The van der Waals surface area contributed by atoms with Crippen LogP contribution in [-0.2, 0) is 11.3 Å². The van der Waals surface area contributed by atoms with Gasteiger partial charge in [-0.25, -0.2) is 0 Å². The Balaban J connectivity index is 1.52. The number of amides is 2. The molecule has 2 atom stereocenters. The summed E-state index contributed by atoms with van der Waals surface area (Å²) >= 11 is 0. The van der Waals surface area contributed by atoms with Crippen molar-refractivity contribution in [2.24, 2.45) is 5.92 Å². The highest BCUT2D eigenvalue weighted by Crippen LogP contribution is 2.43. The number of nitrogens with zero attached hydrogens (tertiary/aromatic N) is 1. The Labute approximate surface area is 211 Å². The van der Waals surface area contributed by atoms with Gasteiger partial charge in [0.25, 0.3) is 5.91 Å². The Morgan fingerprint density at radius 2 is 1.81 bits per heavy atom. The highest BCUT2D eigenvalue weighted by molar-refractivity contribution is 6.03. The van der Waals surface area contributed by atoms with Gasteiger partial charge in [-0.3, -0.25) is 9.59 Å². The maximum atomic E-state index is 13.8. The normalized spacial score (nSPS) is 15.8. The molecule has 0 bridgehead atoms. The Bertz CT molecular complexity index is 1410. The van der Waals surface area contributed by atoms with Gasteiger partial charge in [0, 0.05) is 34.8 Å². The van der Waals surface area contributed by atoms with E-state index in [1.807, 2.05) is 72.9 Å². The number of carbonyl (C=O) groups excluding carboxylic acids is 2. The number of nitrogens with one attached hydrogen (secondary N) is 2. The van der Waals surface area contributed by atoms with Crippen molar-refractivity contribution in [3.8, 4) is 5.75 Å². The zero-order valence-corrected chi connectivity index (χ0v) is 20.8. The van der Waals surface area contributed by atoms with Gasteiger partial charge < -0.3 is 19.9 Å². The second kappa shape index (κ2) is 9.90. The van der Waals surface area contributed by atoms with Crippen LogP contribution in [0, 0.1) is 5.92 Å². The first-order valence-corrected chi connectivity index (χ1v) is 12.4. The number of aromatic nitrogens is 1. The predicted octanol–water partition coefficient (Wildman–Crippen LogP) is 5.45. The monoisotopic (exact) mass is 481 g/mol. The summed E-state index contributed by atoms with van der Waals surface area (Å²) in [5.74, 6) is 0.698. The standard InChI is InChI=1S/C30H31N3O3/c1-19(2)15-27(29(34)32-17-20-9-8-10-21(16-20)36-3)33-28(23-12-4-5-13-24(23)30(33)35)25-18-31-26-14-7-6-11-22(25)26/h4-14,16,18-19,27-28,31H,15,17H2,1-3H3,(H,32,34). The van der Waals surface area contributed by atoms with Crippen molar-refractivity contribution in [1.29, 1.82) is 0 Å². The number of hydrogen-bond donors (Lipinski definition) is 2. The van der Waals surface area contributed by atoms with Crippen molar-refractivity contribution in [2.45, 2.75) is 38.9 Å². The number of carbonyl (C=O) groups is 2. The third kappa shape index (κ3) is 4.35. The molecule has 1 aliphatic heterocycles. The molecular weight excluding hydrogens is 450 g/mol. The minimum atomic E-state index is -0.617. The maximum absolute atomic E-state index is 13.8. The van der Waals surface area contributed by atoms with Crippen molar-refractivity contribution in [1.82, 2.24) is 15.2 Å². The van der Waals surface area contributed by atoms with E-state index in [-0.39, 0.29) is 23.8 Å². The molecule has 6 nitrogen and oxygen atoms in total. The number of benzene rings is 3. The van der Waals surface area contributed by atoms with Gasteiger partial charge in [-0.1, -0.05) is 62.4 Å². The minimum Gasteiger partial charge on any atom is -0.497 e. The maximum Gasteiger partial charge on any atom is 0.255 e. The van der Waals surface area contributed by atoms with Gasteiger partial charge in [-0.2, -0.15) is 0 Å². The fourth-order valence-corrected chi connectivity index (χ4v) is 5.18. The van der Waals surface area contributed by atoms with Gasteiger partial charge in [0.05, 0.1) is 13.2 Å². The number of aromatic amines is 1. The fourth-order valence-electron chi connectivity index (χ4n) is 5.18. The molecule has 36 heavy (non-hydrogen) atoms. The Morgan fingerprint density at radius 3 is 2.61 bits per heavy atom. The van der Waals surface area contributed by atoms with E-state index < -0.39 is 6.04 Å². The zero-order valence-electron chi connectivity index (χ0n) is 20.8. The fraction of sp³-hybridized carbons (Fsp3) is 0.267. The summed E-state index contributed by atoms with van der Waals surface area (Å²) in [5.41, 5.74) is 4.53. The second-order valence-corrected chi connectivity index (χ2v) is 9.71. The van der Waals surface area contributed by atoms with E-state index >= 15 is 0 Å². The molecular formula is C30H31N3O3. The number of hydrogen-bond acceptors (Lipinski definition) is 3. The lowest BCUT2D eigenvalue weighted by molar-refractivity contribution is -0.126. The van der Waals surface area contributed by atoms with Crippen LogP contribution in [0.5, 0.6) is 5.75 Å². The molecule has 0 saturated heterocycles. The highest BCUT2D eigenvalue weighted by Gasteiger charge is 2.44. The molecule has 0 radical (unpaired) electrons. The van der Waals surface area contributed by atoms with Crippen LogP contribution in [-0.4, -0.2) is 34.8 Å². The molecule has 0 aliphatic carbocycles. The number of fused-ring (bicyclic) bond motifs is 2. The van der Waals surface area contributed by atoms with Gasteiger partial charge in [0.15, 0.2) is 0 Å². The first-order chi connectivity index (χ1) is 17.5. The van der Waals surface area contributed by atoms with E-state index in [0.29, 0.717) is 18.5 Å². The summed E-state index contributed by atoms with van der Waals surface area (Å²) in [6.45, 7) is 4.52. The van der Waals surface area contributed by atoms with Crippen molar-refractivity contribution < 1.29 is 14.3 Å². The topological polar surface area (TPSA) is 74.4 Å². The lowest BCUT2D eigenvalue weighted by atomic mass is 9.95. The largest absolute Gasteiger partial charge is 0.497 e. The van der Waals surface area contributed by atoms with Gasteiger partial charge in [0.2, 0.25) is 5.91 Å². The van der Waals surface area contributed by atoms with Crippen molar-refractivity contribution >= 4 is 22.7 Å². The van der Waals surface area contributed by atoms with Crippen molar-refractivity contribution in [3.05, 3.63) is 101 Å². The average Bonchev–Trinajstić information content (AvgIpc) is 3.44. The van der Waals surface area contributed by atoms with E-state index in [0.717, 1.165) is 33.3 Å². The van der Waals surface area contributed by atoms with Crippen LogP contribution in [0.15, 0.2) is 79.0 Å². The summed E-state index contributed by atoms with van der Waals surface area (Å²) in [5, 5.41) is 4.14. The van der Waals surface area contributed by atoms with Crippen LogP contribution in [0.4, 0.5) is 0 Å². The van der Waals surface area contributed by atoms with Crippen LogP contribution < -0.4 is 10.1 Å². The van der Waals surface area contributed by atoms with Gasteiger partial charge in [-0.15, -0.1) is 0 Å².